The van der Waals surface area contributed by atoms with Gasteiger partial charge in [-0.25, -0.2) is 4.98 Å². The number of likely N-dealkylation sites (tertiary alicyclic amines) is 1. The normalized spacial score (nSPS) is 18.7. The predicted octanol–water partition coefficient (Wildman–Crippen LogP) is 5.54. The second-order valence-corrected chi connectivity index (χ2v) is 11.6. The van der Waals surface area contributed by atoms with Gasteiger partial charge in [0.05, 0.1) is 39.7 Å². The molecular weight excluding hydrogens is 518 g/mol. The zero-order chi connectivity index (χ0) is 27.7. The first-order valence-corrected chi connectivity index (χ1v) is 13.8. The molecule has 3 heterocycles. The number of carbonyl (C=O) groups excluding carboxylic acids is 1. The number of fused-ring (bicyclic) bond motifs is 1. The number of aromatic amines is 1. The number of aromatic nitrogens is 2. The van der Waals surface area contributed by atoms with Gasteiger partial charge in [-0.2, -0.15) is 0 Å². The lowest BCUT2D eigenvalue weighted by Gasteiger charge is -2.36. The van der Waals surface area contributed by atoms with Gasteiger partial charge in [0.25, 0.3) is 0 Å². The van der Waals surface area contributed by atoms with Crippen molar-refractivity contribution in [3.8, 4) is 17.1 Å². The van der Waals surface area contributed by atoms with E-state index in [0.717, 1.165) is 28.6 Å². The van der Waals surface area contributed by atoms with Gasteiger partial charge in [-0.15, -0.1) is 0 Å². The van der Waals surface area contributed by atoms with Crippen molar-refractivity contribution in [2.24, 2.45) is 11.3 Å². The van der Waals surface area contributed by atoms with Crippen LogP contribution in [0.15, 0.2) is 42.5 Å². The average Bonchev–Trinajstić information content (AvgIpc) is 3.33. The molecular formula is C30H34ClN3O5. The molecule has 1 atom stereocenters. The molecule has 1 aromatic carbocycles. The lowest BCUT2D eigenvalue weighted by molar-refractivity contribution is -0.144. The van der Waals surface area contributed by atoms with Gasteiger partial charge in [-0.3, -0.25) is 9.59 Å². The summed E-state index contributed by atoms with van der Waals surface area (Å²) in [5.41, 5.74) is 4.61. The lowest BCUT2D eigenvalue weighted by Crippen LogP contribution is -2.48. The Labute approximate surface area is 232 Å². The molecule has 1 fully saturated rings. The van der Waals surface area contributed by atoms with Crippen molar-refractivity contribution in [2.45, 2.75) is 52.1 Å². The quantitative estimate of drug-likeness (QED) is 0.355. The molecule has 3 aromatic rings. The van der Waals surface area contributed by atoms with E-state index in [-0.39, 0.29) is 24.5 Å². The molecule has 1 unspecified atom stereocenters. The van der Waals surface area contributed by atoms with E-state index >= 15 is 0 Å². The maximum Gasteiger partial charge on any atom is 0.306 e. The van der Waals surface area contributed by atoms with Crippen molar-refractivity contribution in [2.75, 3.05) is 19.7 Å². The number of halogens is 1. The smallest absolute Gasteiger partial charge is 0.306 e. The van der Waals surface area contributed by atoms with E-state index in [4.69, 9.17) is 21.3 Å². The van der Waals surface area contributed by atoms with Gasteiger partial charge in [-0.05, 0) is 50.3 Å². The Morgan fingerprint density at radius 2 is 1.82 bits per heavy atom. The number of piperidine rings is 1. The van der Waals surface area contributed by atoms with Crippen LogP contribution in [-0.2, 0) is 9.59 Å². The highest BCUT2D eigenvalue weighted by atomic mass is 35.5. The Morgan fingerprint density at radius 3 is 2.44 bits per heavy atom. The minimum atomic E-state index is -0.771. The van der Waals surface area contributed by atoms with E-state index in [9.17, 15) is 19.8 Å². The van der Waals surface area contributed by atoms with Gasteiger partial charge < -0.3 is 24.8 Å². The van der Waals surface area contributed by atoms with Crippen molar-refractivity contribution in [1.82, 2.24) is 14.9 Å². The minimum absolute atomic E-state index is 0.0262. The van der Waals surface area contributed by atoms with Crippen molar-refractivity contribution in [1.29, 1.82) is 0 Å². The molecule has 1 aliphatic carbocycles. The van der Waals surface area contributed by atoms with Crippen LogP contribution in [0.5, 0.6) is 5.88 Å². The molecule has 0 radical (unpaired) electrons. The summed E-state index contributed by atoms with van der Waals surface area (Å²) in [5, 5.41) is 19.3. The first-order chi connectivity index (χ1) is 18.6. The third-order valence-corrected chi connectivity index (χ3v) is 8.11. The van der Waals surface area contributed by atoms with Crippen LogP contribution in [0.25, 0.3) is 27.9 Å². The van der Waals surface area contributed by atoms with Crippen molar-refractivity contribution in [3.63, 3.8) is 0 Å². The molecule has 5 rings (SSSR count). The van der Waals surface area contributed by atoms with Gasteiger partial charge in [0, 0.05) is 37.6 Å². The monoisotopic (exact) mass is 551 g/mol. The standard InChI is InChI=1S/C30H34ClN3O5/c1-30(2,17-35)29(38)34-13-11-22(12-14-34)39-26-16-25-24(32-26)15-23(31)27(33-25)20-7-3-18(4-8-20)19-5-9-21(10-6-19)28(36)37/h3-5,7-8,15-16,21-22,32,35H,6,9-14,17H2,1-2H3,(H,36,37). The largest absolute Gasteiger partial charge is 0.481 e. The summed E-state index contributed by atoms with van der Waals surface area (Å²) in [6.45, 7) is 4.53. The highest BCUT2D eigenvalue weighted by molar-refractivity contribution is 6.33. The highest BCUT2D eigenvalue weighted by Crippen LogP contribution is 2.34. The molecule has 0 spiro atoms. The minimum Gasteiger partial charge on any atom is -0.481 e. The number of hydrogen-bond acceptors (Lipinski definition) is 5. The fourth-order valence-electron chi connectivity index (χ4n) is 5.29. The predicted molar refractivity (Wildman–Crippen MR) is 151 cm³/mol. The molecule has 3 N–H and O–H groups in total. The third kappa shape index (κ3) is 5.82. The second-order valence-electron chi connectivity index (χ2n) is 11.2. The number of pyridine rings is 1. The van der Waals surface area contributed by atoms with E-state index in [2.05, 4.69) is 4.98 Å². The maximum absolute atomic E-state index is 12.6. The van der Waals surface area contributed by atoms with Crippen molar-refractivity contribution < 1.29 is 24.5 Å². The fourth-order valence-corrected chi connectivity index (χ4v) is 5.55. The molecule has 1 amide bonds. The number of ether oxygens (including phenoxy) is 1. The molecule has 206 valence electrons. The number of carboxylic acids is 1. The number of carboxylic acid groups (broad SMARTS) is 1. The van der Waals surface area contributed by atoms with Crippen molar-refractivity contribution >= 4 is 40.1 Å². The van der Waals surface area contributed by atoms with Crippen molar-refractivity contribution in [3.05, 3.63) is 53.1 Å². The van der Waals surface area contributed by atoms with Crippen LogP contribution < -0.4 is 4.74 Å². The SMILES string of the molecule is CC(C)(CO)C(=O)N1CCC(Oc2cc3nc(-c4ccc(C5=CCC(C(=O)O)CC5)cc4)c(Cl)cc3[nH]2)CC1. The maximum atomic E-state index is 12.6. The molecule has 0 saturated carbocycles. The Balaban J connectivity index is 1.25. The van der Waals surface area contributed by atoms with Gasteiger partial charge in [0.1, 0.15) is 6.10 Å². The summed E-state index contributed by atoms with van der Waals surface area (Å²) in [6, 6.07) is 11.8. The molecule has 1 saturated heterocycles. The van der Waals surface area contributed by atoms with Crippen LogP contribution >= 0.6 is 11.6 Å². The van der Waals surface area contributed by atoms with Gasteiger partial charge in [-0.1, -0.05) is 41.9 Å². The number of amides is 1. The number of aliphatic carboxylic acids is 1. The number of H-pyrrole nitrogens is 1. The molecule has 2 aliphatic rings. The van der Waals surface area contributed by atoms with E-state index in [1.54, 1.807) is 18.7 Å². The van der Waals surface area contributed by atoms with E-state index < -0.39 is 11.4 Å². The summed E-state index contributed by atoms with van der Waals surface area (Å²) in [5.74, 6) is -0.434. The summed E-state index contributed by atoms with van der Waals surface area (Å²) >= 11 is 6.62. The number of hydrogen-bond donors (Lipinski definition) is 3. The van der Waals surface area contributed by atoms with Crippen LogP contribution in [0.3, 0.4) is 0 Å². The van der Waals surface area contributed by atoms with Gasteiger partial charge in [0.15, 0.2) is 5.88 Å². The molecule has 1 aliphatic heterocycles. The van der Waals surface area contributed by atoms with E-state index in [1.165, 1.54) is 5.57 Å². The van der Waals surface area contributed by atoms with Crippen LogP contribution in [-0.4, -0.2) is 62.8 Å². The van der Waals surface area contributed by atoms with Gasteiger partial charge in [0.2, 0.25) is 5.91 Å². The molecule has 39 heavy (non-hydrogen) atoms. The summed E-state index contributed by atoms with van der Waals surface area (Å²) in [6.07, 6.45) is 5.40. The summed E-state index contributed by atoms with van der Waals surface area (Å²) < 4.78 is 6.20. The van der Waals surface area contributed by atoms with Crippen LogP contribution in [0, 0.1) is 11.3 Å². The second kappa shape index (κ2) is 11.0. The fraction of sp³-hybridized carbons (Fsp3) is 0.433. The summed E-state index contributed by atoms with van der Waals surface area (Å²) in [7, 11) is 0. The number of rotatable bonds is 7. The lowest BCUT2D eigenvalue weighted by atomic mass is 9.86. The molecule has 0 bridgehead atoms. The molecule has 9 heteroatoms. The number of allylic oxidation sites excluding steroid dienone is 2. The summed E-state index contributed by atoms with van der Waals surface area (Å²) in [4.78, 5) is 33.7. The number of aliphatic hydroxyl groups is 1. The Kier molecular flexibility index (Phi) is 7.69. The first-order valence-electron chi connectivity index (χ1n) is 13.4. The Hall–Kier alpha value is -3.36. The van der Waals surface area contributed by atoms with Crippen LogP contribution in [0.4, 0.5) is 0 Å². The number of nitrogens with zero attached hydrogens (tertiary/aromatic N) is 2. The Bertz CT molecular complexity index is 1400. The molecule has 8 nitrogen and oxygen atoms in total. The zero-order valence-corrected chi connectivity index (χ0v) is 23.0. The first kappa shape index (κ1) is 27.2. The third-order valence-electron chi connectivity index (χ3n) is 7.82. The van der Waals surface area contributed by atoms with Crippen LogP contribution in [0.1, 0.15) is 51.5 Å². The molecule has 2 aromatic heterocycles. The topological polar surface area (TPSA) is 116 Å². The highest BCUT2D eigenvalue weighted by Gasteiger charge is 2.34. The van der Waals surface area contributed by atoms with Gasteiger partial charge >= 0.3 is 5.97 Å². The van der Waals surface area contributed by atoms with E-state index in [0.29, 0.717) is 55.4 Å². The zero-order valence-electron chi connectivity index (χ0n) is 22.2. The Morgan fingerprint density at radius 1 is 1.13 bits per heavy atom. The van der Waals surface area contributed by atoms with Crippen LogP contribution in [0.2, 0.25) is 5.02 Å². The number of nitrogens with one attached hydrogen (secondary N) is 1. The number of carbonyl (C=O) groups is 2. The van der Waals surface area contributed by atoms with E-state index in [1.807, 2.05) is 42.5 Å². The average molecular weight is 552 g/mol. The number of benzene rings is 1. The number of aliphatic hydroxyl groups excluding tert-OH is 1.